The molecule has 2 aromatic rings. The van der Waals surface area contributed by atoms with Crippen molar-refractivity contribution in [3.63, 3.8) is 0 Å². The summed E-state index contributed by atoms with van der Waals surface area (Å²) in [6, 6.07) is 11.2. The normalized spacial score (nSPS) is 10.8. The van der Waals surface area contributed by atoms with Crippen LogP contribution >= 0.6 is 0 Å². The molecule has 2 rings (SSSR count). The molecule has 14 heavy (non-hydrogen) atoms. The lowest BCUT2D eigenvalue weighted by Gasteiger charge is -2.06. The van der Waals surface area contributed by atoms with E-state index in [0.717, 1.165) is 6.42 Å². The Hall–Kier alpha value is -1.30. The van der Waals surface area contributed by atoms with Crippen molar-refractivity contribution in [2.45, 2.75) is 27.2 Å². The SMILES string of the molecule is CCc1cc2cc(C)ccc2cc1C. The van der Waals surface area contributed by atoms with Crippen molar-refractivity contribution in [1.29, 1.82) is 0 Å². The molecule has 0 aliphatic heterocycles. The molecule has 0 heteroatoms. The van der Waals surface area contributed by atoms with Crippen molar-refractivity contribution in [2.24, 2.45) is 0 Å². The minimum Gasteiger partial charge on any atom is -0.0613 e. The van der Waals surface area contributed by atoms with E-state index in [1.807, 2.05) is 0 Å². The Bertz CT molecular complexity index is 467. The molecular formula is C14H16. The van der Waals surface area contributed by atoms with Gasteiger partial charge in [0, 0.05) is 0 Å². The van der Waals surface area contributed by atoms with Gasteiger partial charge in [0.1, 0.15) is 0 Å². The van der Waals surface area contributed by atoms with Crippen LogP contribution in [0.3, 0.4) is 0 Å². The van der Waals surface area contributed by atoms with E-state index >= 15 is 0 Å². The van der Waals surface area contributed by atoms with Crippen LogP contribution in [-0.2, 0) is 6.42 Å². The first-order chi connectivity index (χ1) is 6.70. The molecule has 0 unspecified atom stereocenters. The average Bonchev–Trinajstić information content (AvgIpc) is 2.17. The fourth-order valence-electron chi connectivity index (χ4n) is 1.96. The van der Waals surface area contributed by atoms with Crippen LogP contribution in [0.4, 0.5) is 0 Å². The quantitative estimate of drug-likeness (QED) is 0.628. The van der Waals surface area contributed by atoms with Crippen LogP contribution in [0.1, 0.15) is 23.6 Å². The van der Waals surface area contributed by atoms with Gasteiger partial charge in [-0.1, -0.05) is 42.8 Å². The summed E-state index contributed by atoms with van der Waals surface area (Å²) in [5, 5.41) is 2.72. The molecule has 0 heterocycles. The second-order valence-electron chi connectivity index (χ2n) is 3.98. The second-order valence-corrected chi connectivity index (χ2v) is 3.98. The molecule has 0 aliphatic rings. The Morgan fingerprint density at radius 3 is 2.43 bits per heavy atom. The van der Waals surface area contributed by atoms with Gasteiger partial charge in [-0.05, 0) is 42.2 Å². The maximum Gasteiger partial charge on any atom is -0.0178 e. The topological polar surface area (TPSA) is 0 Å². The minimum absolute atomic E-state index is 1.12. The summed E-state index contributed by atoms with van der Waals surface area (Å²) >= 11 is 0. The predicted octanol–water partition coefficient (Wildman–Crippen LogP) is 4.02. The summed E-state index contributed by atoms with van der Waals surface area (Å²) in [7, 11) is 0. The van der Waals surface area contributed by atoms with E-state index in [-0.39, 0.29) is 0 Å². The Balaban J connectivity index is 2.73. The molecule has 0 saturated heterocycles. The van der Waals surface area contributed by atoms with Gasteiger partial charge < -0.3 is 0 Å². The Kier molecular flexibility index (Phi) is 2.28. The highest BCUT2D eigenvalue weighted by Crippen LogP contribution is 2.21. The first-order valence-corrected chi connectivity index (χ1v) is 5.20. The summed E-state index contributed by atoms with van der Waals surface area (Å²) in [5.74, 6) is 0. The van der Waals surface area contributed by atoms with E-state index < -0.39 is 0 Å². The van der Waals surface area contributed by atoms with E-state index in [1.54, 1.807) is 0 Å². The number of aryl methyl sites for hydroxylation is 3. The molecule has 0 radical (unpaired) electrons. The summed E-state index contributed by atoms with van der Waals surface area (Å²) in [5.41, 5.74) is 4.20. The summed E-state index contributed by atoms with van der Waals surface area (Å²) < 4.78 is 0. The molecule has 0 aliphatic carbocycles. The lowest BCUT2D eigenvalue weighted by Crippen LogP contribution is -1.87. The number of hydrogen-bond acceptors (Lipinski definition) is 0. The van der Waals surface area contributed by atoms with E-state index in [0.29, 0.717) is 0 Å². The standard InChI is InChI=1S/C14H16/c1-4-12-9-14-7-10(2)5-6-13(14)8-11(12)3/h5-9H,4H2,1-3H3. The molecule has 0 saturated carbocycles. The van der Waals surface area contributed by atoms with Crippen molar-refractivity contribution in [3.8, 4) is 0 Å². The van der Waals surface area contributed by atoms with Gasteiger partial charge in [-0.25, -0.2) is 0 Å². The molecular weight excluding hydrogens is 168 g/mol. The van der Waals surface area contributed by atoms with Crippen LogP contribution in [0.5, 0.6) is 0 Å². The van der Waals surface area contributed by atoms with E-state index in [2.05, 4.69) is 51.1 Å². The highest BCUT2D eigenvalue weighted by Gasteiger charge is 1.99. The predicted molar refractivity (Wildman–Crippen MR) is 62.8 cm³/mol. The van der Waals surface area contributed by atoms with E-state index in [4.69, 9.17) is 0 Å². The molecule has 0 N–H and O–H groups in total. The summed E-state index contributed by atoms with van der Waals surface area (Å²) in [6.45, 7) is 6.55. The third kappa shape index (κ3) is 1.52. The van der Waals surface area contributed by atoms with E-state index in [9.17, 15) is 0 Å². The van der Waals surface area contributed by atoms with Crippen LogP contribution in [0.15, 0.2) is 30.3 Å². The first kappa shape index (κ1) is 9.26. The van der Waals surface area contributed by atoms with Gasteiger partial charge in [0.05, 0.1) is 0 Å². The van der Waals surface area contributed by atoms with Crippen molar-refractivity contribution < 1.29 is 0 Å². The maximum absolute atomic E-state index is 2.32. The Morgan fingerprint density at radius 1 is 0.929 bits per heavy atom. The summed E-state index contributed by atoms with van der Waals surface area (Å²) in [4.78, 5) is 0. The van der Waals surface area contributed by atoms with Crippen molar-refractivity contribution in [2.75, 3.05) is 0 Å². The zero-order valence-electron chi connectivity index (χ0n) is 9.09. The molecule has 0 atom stereocenters. The molecule has 0 bridgehead atoms. The molecule has 0 spiro atoms. The van der Waals surface area contributed by atoms with Gasteiger partial charge in [0.15, 0.2) is 0 Å². The fraction of sp³-hybridized carbons (Fsp3) is 0.286. The Labute approximate surface area is 85.6 Å². The third-order valence-corrected chi connectivity index (χ3v) is 2.83. The first-order valence-electron chi connectivity index (χ1n) is 5.20. The highest BCUT2D eigenvalue weighted by molar-refractivity contribution is 5.84. The lowest BCUT2D eigenvalue weighted by molar-refractivity contribution is 1.12. The number of hydrogen-bond donors (Lipinski definition) is 0. The van der Waals surface area contributed by atoms with Gasteiger partial charge in [-0.3, -0.25) is 0 Å². The van der Waals surface area contributed by atoms with E-state index in [1.165, 1.54) is 27.5 Å². The Morgan fingerprint density at radius 2 is 1.71 bits per heavy atom. The van der Waals surface area contributed by atoms with Crippen molar-refractivity contribution in [1.82, 2.24) is 0 Å². The van der Waals surface area contributed by atoms with Crippen molar-refractivity contribution in [3.05, 3.63) is 47.0 Å². The van der Waals surface area contributed by atoms with Crippen LogP contribution in [0, 0.1) is 13.8 Å². The fourth-order valence-corrected chi connectivity index (χ4v) is 1.96. The maximum atomic E-state index is 2.32. The highest BCUT2D eigenvalue weighted by atomic mass is 14.0. The molecule has 0 nitrogen and oxygen atoms in total. The van der Waals surface area contributed by atoms with Crippen LogP contribution < -0.4 is 0 Å². The van der Waals surface area contributed by atoms with Crippen LogP contribution in [0.2, 0.25) is 0 Å². The molecule has 0 amide bonds. The smallest absolute Gasteiger partial charge is 0.0178 e. The molecule has 72 valence electrons. The molecule has 2 aromatic carbocycles. The van der Waals surface area contributed by atoms with Gasteiger partial charge >= 0.3 is 0 Å². The monoisotopic (exact) mass is 184 g/mol. The lowest BCUT2D eigenvalue weighted by atomic mass is 9.99. The van der Waals surface area contributed by atoms with Gasteiger partial charge in [0.25, 0.3) is 0 Å². The minimum atomic E-state index is 1.12. The van der Waals surface area contributed by atoms with Crippen LogP contribution in [-0.4, -0.2) is 0 Å². The van der Waals surface area contributed by atoms with Gasteiger partial charge in [-0.15, -0.1) is 0 Å². The molecule has 0 aromatic heterocycles. The van der Waals surface area contributed by atoms with Crippen molar-refractivity contribution >= 4 is 10.8 Å². The van der Waals surface area contributed by atoms with Gasteiger partial charge in [-0.2, -0.15) is 0 Å². The zero-order chi connectivity index (χ0) is 10.1. The largest absolute Gasteiger partial charge is 0.0613 e. The molecule has 0 fully saturated rings. The number of benzene rings is 2. The van der Waals surface area contributed by atoms with Gasteiger partial charge in [0.2, 0.25) is 0 Å². The third-order valence-electron chi connectivity index (χ3n) is 2.83. The average molecular weight is 184 g/mol. The number of rotatable bonds is 1. The number of fused-ring (bicyclic) bond motifs is 1. The second kappa shape index (κ2) is 3.45. The summed E-state index contributed by atoms with van der Waals surface area (Å²) in [6.07, 6.45) is 1.12. The zero-order valence-corrected chi connectivity index (χ0v) is 9.09. The van der Waals surface area contributed by atoms with Crippen LogP contribution in [0.25, 0.3) is 10.8 Å².